The normalized spacial score (nSPS) is 19.6. The molecule has 0 heterocycles. The molecule has 2 saturated carbocycles. The van der Waals surface area contributed by atoms with E-state index in [4.69, 9.17) is 25.8 Å². The lowest BCUT2D eigenvalue weighted by Crippen LogP contribution is -2.40. The van der Waals surface area contributed by atoms with Crippen LogP contribution in [0.15, 0.2) is 72.8 Å². The van der Waals surface area contributed by atoms with Gasteiger partial charge in [0, 0.05) is 12.6 Å². The summed E-state index contributed by atoms with van der Waals surface area (Å²) < 4.78 is 32.5. The van der Waals surface area contributed by atoms with E-state index in [1.807, 2.05) is 49.4 Å². The Kier molecular flexibility index (Phi) is 10.3. The van der Waals surface area contributed by atoms with Crippen LogP contribution >= 0.6 is 11.6 Å². The molecule has 0 saturated heterocycles. The minimum absolute atomic E-state index is 0.00319. The summed E-state index contributed by atoms with van der Waals surface area (Å²) >= 11 is 6.44. The van der Waals surface area contributed by atoms with Gasteiger partial charge >= 0.3 is 5.97 Å². The number of nitrogens with one attached hydrogen (secondary N) is 2. The topological polar surface area (TPSA) is 103 Å². The summed E-state index contributed by atoms with van der Waals surface area (Å²) in [4.78, 5) is 40.1. The molecule has 2 N–H and O–H groups in total. The Labute approximate surface area is 296 Å². The molecule has 50 heavy (non-hydrogen) atoms. The number of methoxy groups -OCH3 is 1. The molecule has 2 fully saturated rings. The molecular formula is C40H42ClFN2O6. The molecule has 4 aromatic rings. The lowest BCUT2D eigenvalue weighted by molar-refractivity contribution is -0.159. The van der Waals surface area contributed by atoms with Crippen LogP contribution in [0.5, 0.6) is 11.5 Å². The number of amides is 2. The third kappa shape index (κ3) is 7.58. The van der Waals surface area contributed by atoms with E-state index in [0.717, 1.165) is 41.7 Å². The first kappa shape index (κ1) is 35.2. The number of esters is 1. The largest absolute Gasteiger partial charge is 0.496 e. The van der Waals surface area contributed by atoms with Gasteiger partial charge < -0.3 is 24.8 Å². The van der Waals surface area contributed by atoms with Gasteiger partial charge in [0.15, 0.2) is 11.6 Å². The van der Waals surface area contributed by atoms with Gasteiger partial charge in [-0.15, -0.1) is 0 Å². The monoisotopic (exact) mass is 700 g/mol. The average Bonchev–Trinajstić information content (AvgIpc) is 3.10. The van der Waals surface area contributed by atoms with Gasteiger partial charge in [-0.05, 0) is 85.4 Å². The van der Waals surface area contributed by atoms with Crippen LogP contribution in [0.25, 0.3) is 10.8 Å². The molecule has 4 aromatic carbocycles. The molecule has 0 atom stereocenters. The van der Waals surface area contributed by atoms with Gasteiger partial charge in [-0.25, -0.2) is 4.39 Å². The van der Waals surface area contributed by atoms with Crippen molar-refractivity contribution in [2.24, 2.45) is 10.8 Å². The standard InChI is InChI=1S/C40H42ClFN2O6/c1-39(17-8-18-39)24-43-37(46)35-30(41)13-7-14-32(35)44-36(45)29-21-34(31(42)22-33(29)48-3)50-27-15-19-40(2,20-16-27)38(47)49-23-26-11-6-10-25-9-4-5-12-28(25)26/h4-7,9-14,21-22,27H,8,15-20,23-24H2,1-3H3,(H,43,46)(H,44,45). The van der Waals surface area contributed by atoms with Gasteiger partial charge in [0.1, 0.15) is 12.4 Å². The predicted molar refractivity (Wildman–Crippen MR) is 191 cm³/mol. The zero-order valence-corrected chi connectivity index (χ0v) is 29.3. The van der Waals surface area contributed by atoms with Gasteiger partial charge in [0.25, 0.3) is 11.8 Å². The number of ether oxygens (including phenoxy) is 3. The first-order valence-electron chi connectivity index (χ1n) is 17.0. The fourth-order valence-corrected chi connectivity index (χ4v) is 7.09. The maximum absolute atomic E-state index is 15.3. The second-order valence-corrected chi connectivity index (χ2v) is 14.4. The van der Waals surface area contributed by atoms with Gasteiger partial charge in [0.2, 0.25) is 0 Å². The lowest BCUT2D eigenvalue weighted by Gasteiger charge is -2.38. The highest BCUT2D eigenvalue weighted by atomic mass is 35.5. The fourth-order valence-electron chi connectivity index (χ4n) is 6.83. The summed E-state index contributed by atoms with van der Waals surface area (Å²) in [7, 11) is 1.34. The Bertz CT molecular complexity index is 1910. The molecule has 2 aliphatic rings. The highest BCUT2D eigenvalue weighted by Crippen LogP contribution is 2.41. The van der Waals surface area contributed by atoms with Crippen molar-refractivity contribution in [2.75, 3.05) is 19.0 Å². The maximum Gasteiger partial charge on any atom is 0.312 e. The van der Waals surface area contributed by atoms with Crippen LogP contribution in [0.2, 0.25) is 5.02 Å². The van der Waals surface area contributed by atoms with Crippen LogP contribution in [0.4, 0.5) is 10.1 Å². The SMILES string of the molecule is COc1cc(F)c(OC2CCC(C)(C(=O)OCc3cccc4ccccc34)CC2)cc1C(=O)Nc1cccc(Cl)c1C(=O)NCC1(C)CCC1. The van der Waals surface area contributed by atoms with Crippen LogP contribution in [0, 0.1) is 16.6 Å². The number of anilines is 1. The molecule has 10 heteroatoms. The van der Waals surface area contributed by atoms with Crippen molar-refractivity contribution in [1.29, 1.82) is 0 Å². The summed E-state index contributed by atoms with van der Waals surface area (Å²) in [6.07, 6.45) is 4.80. The number of benzene rings is 4. The van der Waals surface area contributed by atoms with Crippen LogP contribution in [0.3, 0.4) is 0 Å². The molecule has 0 unspecified atom stereocenters. The van der Waals surface area contributed by atoms with E-state index in [1.165, 1.54) is 13.2 Å². The first-order valence-corrected chi connectivity index (χ1v) is 17.4. The summed E-state index contributed by atoms with van der Waals surface area (Å²) in [5.74, 6) is -2.09. The van der Waals surface area contributed by atoms with E-state index in [2.05, 4.69) is 17.6 Å². The minimum Gasteiger partial charge on any atom is -0.496 e. The number of hydrogen-bond acceptors (Lipinski definition) is 6. The van der Waals surface area contributed by atoms with Crippen molar-refractivity contribution < 1.29 is 33.0 Å². The molecule has 0 radical (unpaired) electrons. The van der Waals surface area contributed by atoms with Crippen molar-refractivity contribution in [3.8, 4) is 11.5 Å². The van der Waals surface area contributed by atoms with Crippen LogP contribution in [-0.4, -0.2) is 37.5 Å². The number of rotatable bonds is 11. The Morgan fingerprint density at radius 2 is 1.62 bits per heavy atom. The molecule has 2 amide bonds. The van der Waals surface area contributed by atoms with Crippen molar-refractivity contribution in [1.82, 2.24) is 5.32 Å². The van der Waals surface area contributed by atoms with Crippen molar-refractivity contribution in [2.45, 2.75) is 71.5 Å². The highest BCUT2D eigenvalue weighted by molar-refractivity contribution is 6.35. The van der Waals surface area contributed by atoms with Crippen molar-refractivity contribution >= 4 is 45.8 Å². The Morgan fingerprint density at radius 3 is 2.34 bits per heavy atom. The lowest BCUT2D eigenvalue weighted by atomic mass is 9.70. The summed E-state index contributed by atoms with van der Waals surface area (Å²) in [6, 6.07) is 21.1. The number of carbonyl (C=O) groups is 3. The summed E-state index contributed by atoms with van der Waals surface area (Å²) in [5.41, 5.74) is 0.673. The van der Waals surface area contributed by atoms with E-state index >= 15 is 4.39 Å². The third-order valence-corrected chi connectivity index (χ3v) is 10.6. The van der Waals surface area contributed by atoms with E-state index < -0.39 is 23.0 Å². The molecule has 0 aliphatic heterocycles. The fraction of sp³-hybridized carbons (Fsp3) is 0.375. The van der Waals surface area contributed by atoms with E-state index in [9.17, 15) is 14.4 Å². The van der Waals surface area contributed by atoms with Crippen LogP contribution in [0.1, 0.15) is 85.1 Å². The molecule has 0 aromatic heterocycles. The predicted octanol–water partition coefficient (Wildman–Crippen LogP) is 8.88. The second kappa shape index (κ2) is 14.7. The van der Waals surface area contributed by atoms with Gasteiger partial charge in [-0.2, -0.15) is 0 Å². The van der Waals surface area contributed by atoms with Crippen LogP contribution in [-0.2, 0) is 16.1 Å². The molecule has 262 valence electrons. The number of carbonyl (C=O) groups excluding carboxylic acids is 3. The van der Waals surface area contributed by atoms with E-state index in [1.54, 1.807) is 18.2 Å². The molecule has 0 spiro atoms. The van der Waals surface area contributed by atoms with Crippen LogP contribution < -0.4 is 20.1 Å². The third-order valence-electron chi connectivity index (χ3n) is 10.3. The minimum atomic E-state index is -0.704. The molecule has 6 rings (SSSR count). The summed E-state index contributed by atoms with van der Waals surface area (Å²) in [6.45, 7) is 4.70. The van der Waals surface area contributed by atoms with Gasteiger partial charge in [0.05, 0.1) is 40.5 Å². The quantitative estimate of drug-likeness (QED) is 0.152. The highest BCUT2D eigenvalue weighted by Gasteiger charge is 2.40. The van der Waals surface area contributed by atoms with Gasteiger partial charge in [-0.3, -0.25) is 14.4 Å². The Morgan fingerprint density at radius 1 is 0.900 bits per heavy atom. The number of halogens is 2. The zero-order valence-electron chi connectivity index (χ0n) is 28.6. The number of fused-ring (bicyclic) bond motifs is 1. The molecule has 8 nitrogen and oxygen atoms in total. The second-order valence-electron chi connectivity index (χ2n) is 14.0. The zero-order chi connectivity index (χ0) is 35.5. The van der Waals surface area contributed by atoms with E-state index in [-0.39, 0.29) is 57.4 Å². The number of hydrogen-bond donors (Lipinski definition) is 2. The maximum atomic E-state index is 15.3. The van der Waals surface area contributed by atoms with Gasteiger partial charge in [-0.1, -0.05) is 73.5 Å². The van der Waals surface area contributed by atoms with E-state index in [0.29, 0.717) is 32.2 Å². The smallest absolute Gasteiger partial charge is 0.312 e. The average molecular weight is 701 g/mol. The van der Waals surface area contributed by atoms with Crippen molar-refractivity contribution in [3.05, 3.63) is 100 Å². The Hall–Kier alpha value is -4.63. The Balaban J connectivity index is 1.10. The van der Waals surface area contributed by atoms with Crippen molar-refractivity contribution in [3.63, 3.8) is 0 Å². The molecule has 2 aliphatic carbocycles. The molecule has 0 bridgehead atoms. The first-order chi connectivity index (χ1) is 24.0. The molecular weight excluding hydrogens is 659 g/mol. The summed E-state index contributed by atoms with van der Waals surface area (Å²) in [5, 5.41) is 8.04.